The van der Waals surface area contributed by atoms with E-state index in [1.54, 1.807) is 35.0 Å². The van der Waals surface area contributed by atoms with E-state index in [9.17, 15) is 17.6 Å². The fraction of sp³-hybridized carbons (Fsp3) is 0.407. The number of aromatic nitrogens is 4. The molecule has 2 unspecified atom stereocenters. The quantitative estimate of drug-likeness (QED) is 0.202. The molecule has 0 spiro atoms. The Labute approximate surface area is 223 Å². The molecule has 0 radical (unpaired) electrons. The number of rotatable bonds is 7. The summed E-state index contributed by atoms with van der Waals surface area (Å²) in [6, 6.07) is 9.95. The molecule has 3 heterocycles. The predicted octanol–water partition coefficient (Wildman–Crippen LogP) is 6.25. The molecule has 1 aliphatic rings. The summed E-state index contributed by atoms with van der Waals surface area (Å²) in [5.74, 6) is -1.75. The SMILES string of the molecule is CCn1cc(SN2CCN(CC(C)C(F)(F)F)C(c3cc4cnn(-c5ccc(F)cc5)c4cc3C)C2)cn1. The second-order valence-corrected chi connectivity index (χ2v) is 10.9. The van der Waals surface area contributed by atoms with E-state index in [0.29, 0.717) is 19.6 Å². The van der Waals surface area contributed by atoms with E-state index in [-0.39, 0.29) is 18.4 Å². The lowest BCUT2D eigenvalue weighted by molar-refractivity contribution is -0.176. The molecular formula is C27H30F4N6S. The average Bonchev–Trinajstić information content (AvgIpc) is 3.51. The summed E-state index contributed by atoms with van der Waals surface area (Å²) in [5.41, 5.74) is 3.56. The maximum absolute atomic E-state index is 13.5. The van der Waals surface area contributed by atoms with Crippen LogP contribution in [0.3, 0.4) is 0 Å². The highest BCUT2D eigenvalue weighted by atomic mass is 32.2. The highest BCUT2D eigenvalue weighted by Gasteiger charge is 2.40. The van der Waals surface area contributed by atoms with Crippen LogP contribution in [-0.4, -0.2) is 61.1 Å². The Morgan fingerprint density at radius 3 is 2.53 bits per heavy atom. The summed E-state index contributed by atoms with van der Waals surface area (Å²) in [6.45, 7) is 7.71. The van der Waals surface area contributed by atoms with Crippen molar-refractivity contribution in [3.8, 4) is 5.69 Å². The molecular weight excluding hydrogens is 516 g/mol. The van der Waals surface area contributed by atoms with Gasteiger partial charge in [-0.05, 0) is 73.3 Å². The van der Waals surface area contributed by atoms with Gasteiger partial charge in [0, 0.05) is 50.3 Å². The summed E-state index contributed by atoms with van der Waals surface area (Å²) in [5, 5.41) is 9.74. The lowest BCUT2D eigenvalue weighted by Crippen LogP contribution is -2.48. The largest absolute Gasteiger partial charge is 0.392 e. The Morgan fingerprint density at radius 2 is 1.84 bits per heavy atom. The maximum Gasteiger partial charge on any atom is 0.392 e. The zero-order valence-corrected chi connectivity index (χ0v) is 22.3. The molecule has 2 aromatic heterocycles. The van der Waals surface area contributed by atoms with E-state index in [1.165, 1.54) is 19.1 Å². The molecule has 5 rings (SSSR count). The number of halogens is 4. The minimum Gasteiger partial charge on any atom is -0.293 e. The number of aryl methyl sites for hydroxylation is 2. The van der Waals surface area contributed by atoms with Crippen molar-refractivity contribution in [2.75, 3.05) is 26.2 Å². The molecule has 6 nitrogen and oxygen atoms in total. The second-order valence-electron chi connectivity index (χ2n) is 9.76. The van der Waals surface area contributed by atoms with E-state index >= 15 is 0 Å². The fourth-order valence-electron chi connectivity index (χ4n) is 4.90. The van der Waals surface area contributed by atoms with Crippen LogP contribution in [0.5, 0.6) is 0 Å². The lowest BCUT2D eigenvalue weighted by Gasteiger charge is -2.42. The first-order chi connectivity index (χ1) is 18.1. The first kappa shape index (κ1) is 26.7. The van der Waals surface area contributed by atoms with Crippen LogP contribution >= 0.6 is 11.9 Å². The third-order valence-corrected chi connectivity index (χ3v) is 8.09. The minimum absolute atomic E-state index is 0.0627. The number of benzene rings is 2. The molecule has 4 aromatic rings. The van der Waals surface area contributed by atoms with Gasteiger partial charge in [0.05, 0.1) is 34.4 Å². The lowest BCUT2D eigenvalue weighted by atomic mass is 9.95. The molecule has 38 heavy (non-hydrogen) atoms. The first-order valence-electron chi connectivity index (χ1n) is 12.6. The predicted molar refractivity (Wildman–Crippen MR) is 141 cm³/mol. The van der Waals surface area contributed by atoms with Crippen molar-refractivity contribution >= 4 is 22.9 Å². The zero-order chi connectivity index (χ0) is 27.0. The smallest absolute Gasteiger partial charge is 0.293 e. The van der Waals surface area contributed by atoms with E-state index in [0.717, 1.165) is 39.2 Å². The third kappa shape index (κ3) is 5.60. The van der Waals surface area contributed by atoms with Crippen LogP contribution < -0.4 is 0 Å². The molecule has 0 saturated carbocycles. The molecule has 0 bridgehead atoms. The molecule has 2 atom stereocenters. The molecule has 2 aromatic carbocycles. The van der Waals surface area contributed by atoms with Gasteiger partial charge in [-0.2, -0.15) is 23.4 Å². The van der Waals surface area contributed by atoms with Gasteiger partial charge in [0.1, 0.15) is 5.82 Å². The normalized spacial score (nSPS) is 18.3. The Hall–Kier alpha value is -2.89. The van der Waals surface area contributed by atoms with E-state index in [2.05, 4.69) is 14.5 Å². The Kier molecular flexibility index (Phi) is 7.52. The monoisotopic (exact) mass is 546 g/mol. The van der Waals surface area contributed by atoms with Crippen molar-refractivity contribution in [2.45, 2.75) is 44.4 Å². The summed E-state index contributed by atoms with van der Waals surface area (Å²) in [4.78, 5) is 2.97. The van der Waals surface area contributed by atoms with Gasteiger partial charge in [-0.25, -0.2) is 13.4 Å². The van der Waals surface area contributed by atoms with Gasteiger partial charge in [0.25, 0.3) is 0 Å². The zero-order valence-electron chi connectivity index (χ0n) is 21.5. The molecule has 0 N–H and O–H groups in total. The molecule has 202 valence electrons. The summed E-state index contributed by atoms with van der Waals surface area (Å²) in [7, 11) is 0. The van der Waals surface area contributed by atoms with Crippen LogP contribution in [0.15, 0.2) is 59.9 Å². The molecule has 0 aliphatic carbocycles. The number of nitrogens with zero attached hydrogens (tertiary/aromatic N) is 6. The summed E-state index contributed by atoms with van der Waals surface area (Å²) in [6.07, 6.45) is 1.31. The van der Waals surface area contributed by atoms with E-state index in [4.69, 9.17) is 0 Å². The Morgan fingerprint density at radius 1 is 1.08 bits per heavy atom. The number of alkyl halides is 3. The van der Waals surface area contributed by atoms with Crippen molar-refractivity contribution < 1.29 is 17.6 Å². The molecule has 1 aliphatic heterocycles. The number of hydrogen-bond donors (Lipinski definition) is 0. The Bertz CT molecular complexity index is 1400. The highest BCUT2D eigenvalue weighted by Crippen LogP contribution is 2.37. The van der Waals surface area contributed by atoms with Crippen molar-refractivity contribution in [3.63, 3.8) is 0 Å². The van der Waals surface area contributed by atoms with Crippen molar-refractivity contribution in [1.29, 1.82) is 0 Å². The summed E-state index contributed by atoms with van der Waals surface area (Å²) >= 11 is 1.59. The summed E-state index contributed by atoms with van der Waals surface area (Å²) < 4.78 is 59.8. The molecule has 0 amide bonds. The van der Waals surface area contributed by atoms with Gasteiger partial charge in [-0.3, -0.25) is 9.58 Å². The van der Waals surface area contributed by atoms with Crippen LogP contribution in [-0.2, 0) is 6.54 Å². The molecule has 1 fully saturated rings. The maximum atomic E-state index is 13.5. The highest BCUT2D eigenvalue weighted by molar-refractivity contribution is 7.97. The van der Waals surface area contributed by atoms with Crippen molar-refractivity contribution in [2.24, 2.45) is 5.92 Å². The number of piperazine rings is 1. The van der Waals surface area contributed by atoms with Gasteiger partial charge >= 0.3 is 6.18 Å². The minimum atomic E-state index is -4.25. The van der Waals surface area contributed by atoms with Crippen LogP contribution in [0.25, 0.3) is 16.6 Å². The number of fused-ring (bicyclic) bond motifs is 1. The standard InChI is InChI=1S/C27H30F4N6S/c1-4-35-16-23(14-32-35)38-36-10-9-34(15-19(3)27(29,30)31)26(17-36)24-12-20-13-33-37(25(20)11-18(24)2)22-7-5-21(28)6-8-22/h5-8,11-14,16,19,26H,4,9-10,15,17H2,1-3H3. The molecule has 11 heteroatoms. The second kappa shape index (κ2) is 10.7. The Balaban J connectivity index is 1.47. The van der Waals surface area contributed by atoms with Gasteiger partial charge in [-0.1, -0.05) is 6.92 Å². The van der Waals surface area contributed by atoms with E-state index in [1.807, 2.05) is 48.0 Å². The third-order valence-electron chi connectivity index (χ3n) is 7.08. The van der Waals surface area contributed by atoms with Crippen molar-refractivity contribution in [1.82, 2.24) is 28.8 Å². The van der Waals surface area contributed by atoms with Crippen LogP contribution in [0.4, 0.5) is 17.6 Å². The first-order valence-corrected chi connectivity index (χ1v) is 13.4. The van der Waals surface area contributed by atoms with Crippen LogP contribution in [0, 0.1) is 18.7 Å². The number of hydrogen-bond acceptors (Lipinski definition) is 5. The van der Waals surface area contributed by atoms with Gasteiger partial charge < -0.3 is 0 Å². The fourth-order valence-corrected chi connectivity index (χ4v) is 5.85. The topological polar surface area (TPSA) is 42.1 Å². The van der Waals surface area contributed by atoms with Crippen molar-refractivity contribution in [3.05, 3.63) is 71.9 Å². The van der Waals surface area contributed by atoms with Crippen LogP contribution in [0.1, 0.15) is 31.0 Å². The van der Waals surface area contributed by atoms with E-state index < -0.39 is 12.1 Å². The van der Waals surface area contributed by atoms with Gasteiger partial charge in [0.2, 0.25) is 0 Å². The van der Waals surface area contributed by atoms with Crippen LogP contribution in [0.2, 0.25) is 0 Å². The van der Waals surface area contributed by atoms with Gasteiger partial charge in [0.15, 0.2) is 0 Å². The average molecular weight is 547 g/mol. The molecule has 1 saturated heterocycles. The van der Waals surface area contributed by atoms with Gasteiger partial charge in [-0.15, -0.1) is 0 Å².